The van der Waals surface area contributed by atoms with E-state index in [2.05, 4.69) is 5.32 Å². The highest BCUT2D eigenvalue weighted by Crippen LogP contribution is 2.26. The molecule has 0 saturated carbocycles. The van der Waals surface area contributed by atoms with Crippen LogP contribution in [0.25, 0.3) is 0 Å². The van der Waals surface area contributed by atoms with E-state index in [1.54, 1.807) is 48.5 Å². The van der Waals surface area contributed by atoms with Crippen LogP contribution in [0.2, 0.25) is 10.0 Å². The second-order valence-corrected chi connectivity index (χ2v) is 8.89. The van der Waals surface area contributed by atoms with Crippen molar-refractivity contribution in [1.82, 2.24) is 0 Å². The first-order valence-corrected chi connectivity index (χ1v) is 11.0. The number of carbonyl (C=O) groups is 1. The number of hydrogen-bond acceptors (Lipinski definition) is 4. The molecule has 0 aliphatic rings. The molecule has 0 bridgehead atoms. The van der Waals surface area contributed by atoms with Crippen LogP contribution >= 0.6 is 23.2 Å². The van der Waals surface area contributed by atoms with Crippen LogP contribution in [0.15, 0.2) is 77.7 Å². The Labute approximate surface area is 179 Å². The zero-order chi connectivity index (χ0) is 21.0. The lowest BCUT2D eigenvalue weighted by Crippen LogP contribution is -2.16. The smallest absolute Gasteiger partial charge is 0.238 e. The number of rotatable bonds is 7. The molecule has 29 heavy (non-hydrogen) atoms. The summed E-state index contributed by atoms with van der Waals surface area (Å²) in [6.45, 7) is 0. The van der Waals surface area contributed by atoms with Crippen molar-refractivity contribution in [3.05, 3.63) is 94.0 Å². The molecular weight excluding hydrogens is 431 g/mol. The molecule has 5 nitrogen and oxygen atoms in total. The van der Waals surface area contributed by atoms with Gasteiger partial charge in [0.1, 0.15) is 0 Å². The van der Waals surface area contributed by atoms with Crippen LogP contribution in [0.4, 0.5) is 5.69 Å². The third kappa shape index (κ3) is 5.81. The minimum absolute atomic E-state index is 0.0170. The molecule has 0 amide bonds. The Hall–Kier alpha value is -2.38. The maximum atomic E-state index is 12.8. The number of anilines is 1. The normalized spacial score (nSPS) is 12.4. The minimum Gasteiger partial charge on any atom is -0.378 e. The summed E-state index contributed by atoms with van der Waals surface area (Å²) in [5, 5.41) is 9.57. The standard InChI is InChI=1S/C21H18Cl2N2O3S/c22-16-5-1-14(2-6-16)20(13-21(26)15-3-7-17(23)8-4-15)25-18-9-11-19(12-10-18)29(24,27)28/h1-12,20,25H,13H2,(H2,24,27,28). The van der Waals surface area contributed by atoms with Gasteiger partial charge in [-0.25, -0.2) is 13.6 Å². The van der Waals surface area contributed by atoms with E-state index in [1.165, 1.54) is 12.1 Å². The average molecular weight is 449 g/mol. The summed E-state index contributed by atoms with van der Waals surface area (Å²) in [4.78, 5) is 12.8. The van der Waals surface area contributed by atoms with Crippen LogP contribution < -0.4 is 10.5 Å². The van der Waals surface area contributed by atoms with Gasteiger partial charge < -0.3 is 5.32 Å². The number of nitrogens with two attached hydrogens (primary N) is 1. The van der Waals surface area contributed by atoms with Gasteiger partial charge >= 0.3 is 0 Å². The lowest BCUT2D eigenvalue weighted by molar-refractivity contribution is 0.0976. The molecule has 3 aromatic rings. The third-order valence-corrected chi connectivity index (χ3v) is 5.79. The molecule has 0 spiro atoms. The van der Waals surface area contributed by atoms with E-state index < -0.39 is 10.0 Å². The minimum atomic E-state index is -3.77. The molecule has 0 radical (unpaired) electrons. The van der Waals surface area contributed by atoms with Gasteiger partial charge in [0.15, 0.2) is 5.78 Å². The van der Waals surface area contributed by atoms with Gasteiger partial charge in [-0.15, -0.1) is 0 Å². The highest BCUT2D eigenvalue weighted by Gasteiger charge is 2.18. The number of benzene rings is 3. The first-order valence-electron chi connectivity index (χ1n) is 8.66. The lowest BCUT2D eigenvalue weighted by atomic mass is 9.97. The number of ketones is 1. The van der Waals surface area contributed by atoms with E-state index in [4.69, 9.17) is 28.3 Å². The summed E-state index contributed by atoms with van der Waals surface area (Å²) in [6.07, 6.45) is 0.181. The van der Waals surface area contributed by atoms with Gasteiger partial charge in [0.25, 0.3) is 0 Å². The topological polar surface area (TPSA) is 89.3 Å². The zero-order valence-electron chi connectivity index (χ0n) is 15.2. The van der Waals surface area contributed by atoms with E-state index in [0.29, 0.717) is 21.3 Å². The number of hydrogen-bond donors (Lipinski definition) is 2. The monoisotopic (exact) mass is 448 g/mol. The number of primary sulfonamides is 1. The fraction of sp³-hybridized carbons (Fsp3) is 0.0952. The largest absolute Gasteiger partial charge is 0.378 e. The quantitative estimate of drug-likeness (QED) is 0.493. The molecule has 0 aromatic heterocycles. The molecule has 1 unspecified atom stereocenters. The summed E-state index contributed by atoms with van der Waals surface area (Å²) >= 11 is 11.9. The van der Waals surface area contributed by atoms with E-state index in [9.17, 15) is 13.2 Å². The molecule has 3 rings (SSSR count). The Morgan fingerprint density at radius 3 is 1.90 bits per heavy atom. The van der Waals surface area contributed by atoms with E-state index >= 15 is 0 Å². The van der Waals surface area contributed by atoms with Crippen LogP contribution in [0.5, 0.6) is 0 Å². The predicted octanol–water partition coefficient (Wildman–Crippen LogP) is 5.07. The van der Waals surface area contributed by atoms with Gasteiger partial charge in [-0.05, 0) is 66.2 Å². The van der Waals surface area contributed by atoms with Crippen molar-refractivity contribution >= 4 is 44.7 Å². The Bertz CT molecular complexity index is 1100. The van der Waals surface area contributed by atoms with Crippen LogP contribution in [-0.4, -0.2) is 14.2 Å². The molecule has 3 aromatic carbocycles. The zero-order valence-corrected chi connectivity index (χ0v) is 17.5. The van der Waals surface area contributed by atoms with Crippen LogP contribution in [0, 0.1) is 0 Å². The van der Waals surface area contributed by atoms with E-state index in [-0.39, 0.29) is 23.1 Å². The second-order valence-electron chi connectivity index (χ2n) is 6.45. The number of nitrogens with one attached hydrogen (secondary N) is 1. The summed E-state index contributed by atoms with van der Waals surface area (Å²) in [7, 11) is -3.77. The summed E-state index contributed by atoms with van der Waals surface area (Å²) in [5.74, 6) is -0.0599. The van der Waals surface area contributed by atoms with Gasteiger partial charge in [-0.3, -0.25) is 4.79 Å². The van der Waals surface area contributed by atoms with Crippen molar-refractivity contribution in [3.8, 4) is 0 Å². The Morgan fingerprint density at radius 2 is 1.38 bits per heavy atom. The van der Waals surface area contributed by atoms with E-state index in [0.717, 1.165) is 5.56 Å². The van der Waals surface area contributed by atoms with Crippen molar-refractivity contribution in [3.63, 3.8) is 0 Å². The fourth-order valence-corrected chi connectivity index (χ4v) is 3.60. The Balaban J connectivity index is 1.86. The highest BCUT2D eigenvalue weighted by molar-refractivity contribution is 7.89. The van der Waals surface area contributed by atoms with E-state index in [1.807, 2.05) is 12.1 Å². The molecule has 8 heteroatoms. The number of sulfonamides is 1. The maximum Gasteiger partial charge on any atom is 0.238 e. The third-order valence-electron chi connectivity index (χ3n) is 4.35. The first kappa shape index (κ1) is 21.3. The van der Waals surface area contributed by atoms with Crippen LogP contribution in [-0.2, 0) is 10.0 Å². The maximum absolute atomic E-state index is 12.8. The molecule has 0 saturated heterocycles. The predicted molar refractivity (Wildman–Crippen MR) is 116 cm³/mol. The Kier molecular flexibility index (Phi) is 6.59. The van der Waals surface area contributed by atoms with Gasteiger partial charge in [0.2, 0.25) is 10.0 Å². The van der Waals surface area contributed by atoms with Crippen LogP contribution in [0.1, 0.15) is 28.4 Å². The molecule has 0 aliphatic carbocycles. The van der Waals surface area contributed by atoms with Crippen molar-refractivity contribution in [2.75, 3.05) is 5.32 Å². The molecule has 150 valence electrons. The Morgan fingerprint density at radius 1 is 0.862 bits per heavy atom. The summed E-state index contributed by atoms with van der Waals surface area (Å²) in [5.41, 5.74) is 2.08. The first-order chi connectivity index (χ1) is 13.7. The van der Waals surface area contributed by atoms with Crippen LogP contribution in [0.3, 0.4) is 0 Å². The number of halogens is 2. The number of Topliss-reactive ketones (excluding diaryl/α,β-unsaturated/α-hetero) is 1. The fourth-order valence-electron chi connectivity index (χ4n) is 2.83. The average Bonchev–Trinajstić information content (AvgIpc) is 2.68. The second kappa shape index (κ2) is 8.97. The number of carbonyl (C=O) groups excluding carboxylic acids is 1. The highest BCUT2D eigenvalue weighted by atomic mass is 35.5. The van der Waals surface area contributed by atoms with Gasteiger partial charge in [-0.2, -0.15) is 0 Å². The molecule has 0 aliphatic heterocycles. The van der Waals surface area contributed by atoms with Crippen molar-refractivity contribution in [2.24, 2.45) is 5.14 Å². The molecule has 1 atom stereocenters. The SMILES string of the molecule is NS(=O)(=O)c1ccc(NC(CC(=O)c2ccc(Cl)cc2)c2ccc(Cl)cc2)cc1. The summed E-state index contributed by atoms with van der Waals surface area (Å²) in [6, 6.07) is 19.6. The van der Waals surface area contributed by atoms with Crippen molar-refractivity contribution in [2.45, 2.75) is 17.4 Å². The summed E-state index contributed by atoms with van der Waals surface area (Å²) < 4.78 is 22.9. The van der Waals surface area contributed by atoms with Crippen molar-refractivity contribution in [1.29, 1.82) is 0 Å². The van der Waals surface area contributed by atoms with Crippen molar-refractivity contribution < 1.29 is 13.2 Å². The molecule has 0 heterocycles. The molecule has 3 N–H and O–H groups in total. The van der Waals surface area contributed by atoms with Gasteiger partial charge in [-0.1, -0.05) is 35.3 Å². The van der Waals surface area contributed by atoms with Gasteiger partial charge in [0.05, 0.1) is 10.9 Å². The molecule has 0 fully saturated rings. The lowest BCUT2D eigenvalue weighted by Gasteiger charge is -2.20. The van der Waals surface area contributed by atoms with Gasteiger partial charge in [0, 0.05) is 27.7 Å². The molecular formula is C21H18Cl2N2O3S.